The summed E-state index contributed by atoms with van der Waals surface area (Å²) in [4.78, 5) is 32.1. The smallest absolute Gasteiger partial charge is 0.306 e. The fourth-order valence-electron chi connectivity index (χ4n) is 1.25. The number of amides is 3. The second-order valence-electron chi connectivity index (χ2n) is 3.64. The maximum absolute atomic E-state index is 13.3. The zero-order chi connectivity index (χ0) is 14.7. The second kappa shape index (κ2) is 5.65. The van der Waals surface area contributed by atoms with Crippen molar-refractivity contribution in [2.24, 2.45) is 0 Å². The Balaban J connectivity index is 3.08. The predicted octanol–water partition coefficient (Wildman–Crippen LogP) is 2.27. The van der Waals surface area contributed by atoms with Crippen LogP contribution in [0.15, 0.2) is 12.1 Å². The minimum Gasteiger partial charge on any atom is -0.306 e. The minimum absolute atomic E-state index is 0.0263. The fourth-order valence-corrected chi connectivity index (χ4v) is 1.30. The van der Waals surface area contributed by atoms with Gasteiger partial charge in [-0.1, -0.05) is 12.8 Å². The molecule has 19 heavy (non-hydrogen) atoms. The van der Waals surface area contributed by atoms with Crippen LogP contribution in [0.25, 0.3) is 0 Å². The number of nitrogens with zero attached hydrogens (tertiary/aromatic N) is 2. The van der Waals surface area contributed by atoms with Gasteiger partial charge in [0, 0.05) is 13.0 Å². The molecular weight excluding hydrogens is 277 g/mol. The number of benzene rings is 1. The zero-order valence-electron chi connectivity index (χ0n) is 10.0. The van der Waals surface area contributed by atoms with Crippen LogP contribution in [0.1, 0.15) is 12.5 Å². The highest BCUT2D eigenvalue weighted by molar-refractivity contribution is 7.79. The lowest BCUT2D eigenvalue weighted by atomic mass is 10.1. The van der Waals surface area contributed by atoms with E-state index in [-0.39, 0.29) is 11.3 Å². The average Bonchev–Trinajstić information content (AvgIpc) is 2.30. The molecule has 102 valence electrons. The number of hydrogen-bond donors (Lipinski definition) is 2. The van der Waals surface area contributed by atoms with Gasteiger partial charge in [-0.15, -0.1) is 0 Å². The molecule has 0 saturated heterocycles. The van der Waals surface area contributed by atoms with Crippen molar-refractivity contribution in [1.82, 2.24) is 4.31 Å². The van der Waals surface area contributed by atoms with E-state index in [1.165, 1.54) is 6.92 Å². The normalized spacial score (nSPS) is 9.89. The molecule has 0 unspecified atom stereocenters. The Morgan fingerprint density at radius 3 is 2.53 bits per heavy atom. The summed E-state index contributed by atoms with van der Waals surface area (Å²) in [5.41, 5.74) is -0.463. The first-order chi connectivity index (χ1) is 8.73. The number of nitro groups is 1. The van der Waals surface area contributed by atoms with Crippen LogP contribution in [0, 0.1) is 22.9 Å². The first-order valence-corrected chi connectivity index (χ1v) is 5.39. The molecule has 0 aliphatic heterocycles. The van der Waals surface area contributed by atoms with Gasteiger partial charge in [0.1, 0.15) is 0 Å². The van der Waals surface area contributed by atoms with Gasteiger partial charge in [0.25, 0.3) is 0 Å². The van der Waals surface area contributed by atoms with Crippen LogP contribution >= 0.6 is 12.8 Å². The number of rotatable bonds is 2. The number of thiol groups is 1. The highest BCUT2D eigenvalue weighted by atomic mass is 32.1. The number of carbonyl (C=O) groups excluding carboxylic acids is 2. The van der Waals surface area contributed by atoms with E-state index < -0.39 is 28.4 Å². The number of urea groups is 1. The van der Waals surface area contributed by atoms with Crippen LogP contribution < -0.4 is 5.32 Å². The summed E-state index contributed by atoms with van der Waals surface area (Å²) >= 11 is 3.63. The third-order valence-electron chi connectivity index (χ3n) is 2.22. The van der Waals surface area contributed by atoms with E-state index in [1.54, 1.807) is 0 Å². The number of imide groups is 1. The summed E-state index contributed by atoms with van der Waals surface area (Å²) in [6.45, 7) is 2.57. The molecule has 0 aliphatic rings. The summed E-state index contributed by atoms with van der Waals surface area (Å²) < 4.78 is 13.8. The molecule has 0 spiro atoms. The molecule has 0 aromatic heterocycles. The van der Waals surface area contributed by atoms with Crippen LogP contribution in [0.2, 0.25) is 0 Å². The van der Waals surface area contributed by atoms with Crippen molar-refractivity contribution in [2.45, 2.75) is 13.8 Å². The summed E-state index contributed by atoms with van der Waals surface area (Å²) in [5, 5.41) is 12.8. The first-order valence-electron chi connectivity index (χ1n) is 4.99. The molecule has 1 aromatic rings. The first kappa shape index (κ1) is 14.9. The Bertz CT molecular complexity index is 564. The van der Waals surface area contributed by atoms with Gasteiger partial charge >= 0.3 is 11.7 Å². The highest BCUT2D eigenvalue weighted by Crippen LogP contribution is 2.25. The van der Waals surface area contributed by atoms with Crippen molar-refractivity contribution in [1.29, 1.82) is 0 Å². The van der Waals surface area contributed by atoms with Gasteiger partial charge in [0.05, 0.1) is 10.6 Å². The average molecular weight is 287 g/mol. The van der Waals surface area contributed by atoms with Crippen molar-refractivity contribution in [3.05, 3.63) is 33.6 Å². The van der Waals surface area contributed by atoms with Crippen molar-refractivity contribution < 1.29 is 18.9 Å². The molecule has 0 heterocycles. The number of aryl methyl sites for hydroxylation is 1. The Kier molecular flexibility index (Phi) is 4.43. The third kappa shape index (κ3) is 3.41. The summed E-state index contributed by atoms with van der Waals surface area (Å²) in [6.07, 6.45) is 0. The minimum atomic E-state index is -1.00. The van der Waals surface area contributed by atoms with Gasteiger partial charge in [0.2, 0.25) is 11.7 Å². The molecule has 0 bridgehead atoms. The van der Waals surface area contributed by atoms with Crippen molar-refractivity contribution in [2.75, 3.05) is 5.32 Å². The summed E-state index contributed by atoms with van der Waals surface area (Å²) in [5.74, 6) is -1.63. The van der Waals surface area contributed by atoms with Gasteiger partial charge in [0.15, 0.2) is 0 Å². The molecular formula is C10H10FN3O4S. The van der Waals surface area contributed by atoms with Crippen molar-refractivity contribution in [3.63, 3.8) is 0 Å². The maximum atomic E-state index is 13.3. The Hall–Kier alpha value is -2.16. The topological polar surface area (TPSA) is 92.6 Å². The highest BCUT2D eigenvalue weighted by Gasteiger charge is 2.20. The van der Waals surface area contributed by atoms with Crippen molar-refractivity contribution in [3.8, 4) is 0 Å². The molecule has 1 rings (SSSR count). The molecule has 3 amide bonds. The van der Waals surface area contributed by atoms with E-state index in [4.69, 9.17) is 0 Å². The van der Waals surface area contributed by atoms with Crippen LogP contribution in [0.5, 0.6) is 0 Å². The lowest BCUT2D eigenvalue weighted by Crippen LogP contribution is -2.31. The molecule has 0 saturated carbocycles. The fraction of sp³-hybridized carbons (Fsp3) is 0.200. The molecule has 0 fully saturated rings. The molecule has 7 nitrogen and oxygen atoms in total. The van der Waals surface area contributed by atoms with E-state index in [0.29, 0.717) is 4.31 Å². The predicted molar refractivity (Wildman–Crippen MR) is 68.3 cm³/mol. The Morgan fingerprint density at radius 2 is 2.05 bits per heavy atom. The van der Waals surface area contributed by atoms with E-state index in [0.717, 1.165) is 19.1 Å². The number of anilines is 1. The Morgan fingerprint density at radius 1 is 1.47 bits per heavy atom. The van der Waals surface area contributed by atoms with Gasteiger partial charge < -0.3 is 5.32 Å². The Labute approximate surface area is 113 Å². The largest absolute Gasteiger partial charge is 0.338 e. The zero-order valence-corrected chi connectivity index (χ0v) is 10.9. The number of hydrogen-bond acceptors (Lipinski definition) is 5. The second-order valence-corrected chi connectivity index (χ2v) is 4.04. The van der Waals surface area contributed by atoms with E-state index in [1.807, 2.05) is 0 Å². The quantitative estimate of drug-likeness (QED) is 0.496. The molecule has 0 radical (unpaired) electrons. The summed E-state index contributed by atoms with van der Waals surface area (Å²) in [7, 11) is 0. The molecule has 0 atom stereocenters. The number of carbonyl (C=O) groups is 2. The molecule has 1 aromatic carbocycles. The summed E-state index contributed by atoms with van der Waals surface area (Å²) in [6, 6.07) is 0.911. The number of halogens is 1. The molecule has 0 aliphatic carbocycles. The van der Waals surface area contributed by atoms with Gasteiger partial charge in [-0.05, 0) is 18.6 Å². The molecule has 1 N–H and O–H groups in total. The van der Waals surface area contributed by atoms with Crippen LogP contribution in [-0.2, 0) is 4.79 Å². The van der Waals surface area contributed by atoms with Crippen molar-refractivity contribution >= 4 is 36.1 Å². The standard InChI is InChI=1S/C10H10FN3O4S/c1-5-3-7(11)9(14(17)18)4-8(5)12-10(16)13(19)6(2)15/h3-4,19H,1-2H3,(H,12,16). The van der Waals surface area contributed by atoms with Gasteiger partial charge in [-0.3, -0.25) is 14.9 Å². The lowest BCUT2D eigenvalue weighted by molar-refractivity contribution is -0.387. The van der Waals surface area contributed by atoms with Crippen LogP contribution in [0.4, 0.5) is 20.6 Å². The third-order valence-corrected chi connectivity index (χ3v) is 2.69. The van der Waals surface area contributed by atoms with E-state index in [9.17, 15) is 24.1 Å². The van der Waals surface area contributed by atoms with E-state index in [2.05, 4.69) is 18.1 Å². The van der Waals surface area contributed by atoms with Gasteiger partial charge in [-0.2, -0.15) is 4.39 Å². The molecule has 9 heteroatoms. The SMILES string of the molecule is CC(=O)N(S)C(=O)Nc1cc([N+](=O)[O-])c(F)cc1C. The number of nitro benzene ring substituents is 1. The van der Waals surface area contributed by atoms with Crippen LogP contribution in [0.3, 0.4) is 0 Å². The maximum Gasteiger partial charge on any atom is 0.338 e. The monoisotopic (exact) mass is 287 g/mol. The number of nitrogens with one attached hydrogen (secondary N) is 1. The van der Waals surface area contributed by atoms with Gasteiger partial charge in [-0.25, -0.2) is 9.10 Å². The lowest BCUT2D eigenvalue weighted by Gasteiger charge is -2.14. The van der Waals surface area contributed by atoms with Crippen LogP contribution in [-0.4, -0.2) is 21.2 Å². The van der Waals surface area contributed by atoms with E-state index >= 15 is 0 Å².